The molecule has 2 aromatic heterocycles. The van der Waals surface area contributed by atoms with E-state index in [0.717, 1.165) is 25.8 Å². The summed E-state index contributed by atoms with van der Waals surface area (Å²) >= 11 is 1.47. The molecule has 3 saturated heterocycles. The lowest BCUT2D eigenvalue weighted by molar-refractivity contribution is 0.107. The van der Waals surface area contributed by atoms with Crippen molar-refractivity contribution in [2.24, 2.45) is 0 Å². The highest BCUT2D eigenvalue weighted by Crippen LogP contribution is 2.45. The molecule has 0 spiro atoms. The lowest BCUT2D eigenvalue weighted by Crippen LogP contribution is -2.43. The zero-order chi connectivity index (χ0) is 30.9. The van der Waals surface area contributed by atoms with Crippen molar-refractivity contribution in [2.75, 3.05) is 50.1 Å². The molecule has 232 valence electrons. The molecule has 12 heteroatoms. The lowest BCUT2D eigenvalue weighted by atomic mass is 9.95. The third-order valence-corrected chi connectivity index (χ3v) is 10.7. The molecule has 1 N–H and O–H groups in total. The van der Waals surface area contributed by atoms with E-state index < -0.39 is 23.3 Å². The van der Waals surface area contributed by atoms with Gasteiger partial charge in [-0.2, -0.15) is 9.97 Å². The quantitative estimate of drug-likeness (QED) is 0.295. The Kier molecular flexibility index (Phi) is 6.96. The maximum Gasteiger partial charge on any atom is 0.319 e. The summed E-state index contributed by atoms with van der Waals surface area (Å²) in [5, 5.41) is 12.3. The van der Waals surface area contributed by atoms with Crippen LogP contribution in [0.3, 0.4) is 0 Å². The number of benzene rings is 2. The number of phenols is 1. The SMILES string of the molecule is C#Cc1c(F)ccc2cc(O)cc(-c3nc4c5c(nc(OC[C@@]67CCCN6C[C@H](F)C7)nc5c3F)N3CCOCCC3CS4)c12. The van der Waals surface area contributed by atoms with Crippen molar-refractivity contribution in [3.05, 3.63) is 41.5 Å². The molecule has 0 aliphatic carbocycles. The molecule has 0 saturated carbocycles. The first kappa shape index (κ1) is 28.7. The van der Waals surface area contributed by atoms with Gasteiger partial charge in [0.25, 0.3) is 0 Å². The van der Waals surface area contributed by atoms with Crippen LogP contribution in [0.5, 0.6) is 11.8 Å². The van der Waals surface area contributed by atoms with Gasteiger partial charge >= 0.3 is 6.01 Å². The Balaban J connectivity index is 1.33. The smallest absolute Gasteiger partial charge is 0.319 e. The molecule has 1 unspecified atom stereocenters. The number of hydrogen-bond donors (Lipinski definition) is 1. The summed E-state index contributed by atoms with van der Waals surface area (Å²) in [5.74, 6) is 2.00. The van der Waals surface area contributed by atoms with Gasteiger partial charge in [0.1, 0.15) is 46.4 Å². The Bertz CT molecular complexity index is 1900. The summed E-state index contributed by atoms with van der Waals surface area (Å²) in [5.41, 5.74) is -0.445. The van der Waals surface area contributed by atoms with Crippen molar-refractivity contribution in [2.45, 2.75) is 48.5 Å². The van der Waals surface area contributed by atoms with Crippen molar-refractivity contribution in [3.63, 3.8) is 0 Å². The summed E-state index contributed by atoms with van der Waals surface area (Å²) in [6.07, 6.45) is 7.68. The molecular weight excluding hydrogens is 603 g/mol. The average Bonchev–Trinajstić information content (AvgIpc) is 3.38. The number of hydrogen-bond acceptors (Lipinski definition) is 9. The second-order valence-corrected chi connectivity index (χ2v) is 13.2. The fourth-order valence-electron chi connectivity index (χ4n) is 7.51. The maximum absolute atomic E-state index is 16.9. The topological polar surface area (TPSA) is 83.8 Å². The van der Waals surface area contributed by atoms with E-state index in [1.54, 1.807) is 0 Å². The highest BCUT2D eigenvalue weighted by atomic mass is 32.2. The maximum atomic E-state index is 16.9. The number of phenolic OH excluding ortho intramolecular Hbond substituents is 1. The fraction of sp³-hybridized carbons (Fsp3) is 0.424. The Labute approximate surface area is 261 Å². The molecule has 3 fully saturated rings. The van der Waals surface area contributed by atoms with Gasteiger partial charge in [-0.3, -0.25) is 4.90 Å². The molecule has 0 bridgehead atoms. The molecule has 8 nitrogen and oxygen atoms in total. The Morgan fingerprint density at radius 1 is 1.16 bits per heavy atom. The van der Waals surface area contributed by atoms with Gasteiger partial charge in [0.2, 0.25) is 0 Å². The van der Waals surface area contributed by atoms with E-state index in [0.29, 0.717) is 60.1 Å². The summed E-state index contributed by atoms with van der Waals surface area (Å²) in [6.45, 7) is 2.99. The monoisotopic (exact) mass is 633 g/mol. The van der Waals surface area contributed by atoms with Gasteiger partial charge in [0, 0.05) is 48.9 Å². The molecule has 4 aliphatic rings. The highest BCUT2D eigenvalue weighted by Gasteiger charge is 2.49. The predicted octanol–water partition coefficient (Wildman–Crippen LogP) is 5.47. The lowest BCUT2D eigenvalue weighted by Gasteiger charge is -2.31. The first-order valence-electron chi connectivity index (χ1n) is 15.2. The molecule has 6 heterocycles. The van der Waals surface area contributed by atoms with Crippen LogP contribution in [0.1, 0.15) is 31.2 Å². The van der Waals surface area contributed by atoms with Crippen LogP contribution in [-0.2, 0) is 4.74 Å². The molecule has 8 rings (SSSR count). The van der Waals surface area contributed by atoms with Crippen LogP contribution in [-0.4, -0.2) is 87.9 Å². The number of aromatic nitrogens is 3. The highest BCUT2D eigenvalue weighted by molar-refractivity contribution is 7.99. The van der Waals surface area contributed by atoms with E-state index in [1.165, 1.54) is 36.0 Å². The molecule has 0 radical (unpaired) electrons. The van der Waals surface area contributed by atoms with Crippen LogP contribution < -0.4 is 9.64 Å². The number of fused-ring (bicyclic) bond motifs is 4. The first-order chi connectivity index (χ1) is 21.8. The average molecular weight is 634 g/mol. The second-order valence-electron chi connectivity index (χ2n) is 12.2. The Morgan fingerprint density at radius 2 is 2.04 bits per heavy atom. The summed E-state index contributed by atoms with van der Waals surface area (Å²) in [7, 11) is 0. The minimum Gasteiger partial charge on any atom is -0.508 e. The summed E-state index contributed by atoms with van der Waals surface area (Å²) in [4.78, 5) is 18.5. The molecule has 4 aliphatic heterocycles. The number of aromatic hydroxyl groups is 1. The Hall–Kier alpha value is -3.79. The van der Waals surface area contributed by atoms with E-state index in [9.17, 15) is 13.9 Å². The van der Waals surface area contributed by atoms with Crippen LogP contribution in [0, 0.1) is 24.0 Å². The standard InChI is InChI=1S/C33H30F3N5O3S/c1-2-22-24(35)5-4-18-12-21(42)13-23(25(18)22)28-27(36)29-26-30(41-9-11-43-10-6-20(41)16-45-31(26)37-28)39-32(38-29)44-17-33-7-3-8-40(33)15-19(34)14-33/h1,4-5,12-13,19-20,42H,3,6-11,14-17H2/t19-,20?,33+/m1/s1. The summed E-state index contributed by atoms with van der Waals surface area (Å²) in [6, 6.07) is 5.55. The molecule has 3 atom stereocenters. The molecule has 0 amide bonds. The third-order valence-electron chi connectivity index (χ3n) is 9.59. The first-order valence-corrected chi connectivity index (χ1v) is 16.2. The number of halogens is 3. The molecule has 2 aromatic carbocycles. The van der Waals surface area contributed by atoms with Crippen LogP contribution in [0.2, 0.25) is 0 Å². The number of ether oxygens (including phenoxy) is 2. The van der Waals surface area contributed by atoms with Crippen molar-refractivity contribution in [1.29, 1.82) is 0 Å². The number of thioether (sulfide) groups is 1. The van der Waals surface area contributed by atoms with Crippen molar-refractivity contribution in [1.82, 2.24) is 19.9 Å². The molecule has 45 heavy (non-hydrogen) atoms. The van der Waals surface area contributed by atoms with Crippen molar-refractivity contribution < 1.29 is 27.8 Å². The van der Waals surface area contributed by atoms with Gasteiger partial charge in [-0.05, 0) is 49.4 Å². The number of pyridine rings is 1. The number of rotatable bonds is 4. The fourth-order valence-corrected chi connectivity index (χ4v) is 8.69. The van der Waals surface area contributed by atoms with Gasteiger partial charge in [-0.25, -0.2) is 18.2 Å². The van der Waals surface area contributed by atoms with E-state index in [-0.39, 0.29) is 52.1 Å². The van der Waals surface area contributed by atoms with Gasteiger partial charge in [-0.15, -0.1) is 18.2 Å². The van der Waals surface area contributed by atoms with Gasteiger partial charge in [-0.1, -0.05) is 12.0 Å². The largest absolute Gasteiger partial charge is 0.508 e. The van der Waals surface area contributed by atoms with Gasteiger partial charge in [0.05, 0.1) is 23.1 Å². The Morgan fingerprint density at radius 3 is 2.91 bits per heavy atom. The van der Waals surface area contributed by atoms with Gasteiger partial charge < -0.3 is 19.5 Å². The summed E-state index contributed by atoms with van der Waals surface area (Å²) < 4.78 is 58.4. The van der Waals surface area contributed by atoms with Crippen molar-refractivity contribution >= 4 is 39.3 Å². The van der Waals surface area contributed by atoms with Crippen LogP contribution in [0.25, 0.3) is 32.9 Å². The van der Waals surface area contributed by atoms with E-state index in [4.69, 9.17) is 25.9 Å². The third kappa shape index (κ3) is 4.66. The number of anilines is 1. The second kappa shape index (κ2) is 10.9. The number of nitrogens with zero attached hydrogens (tertiary/aromatic N) is 5. The van der Waals surface area contributed by atoms with E-state index >= 15 is 4.39 Å². The van der Waals surface area contributed by atoms with E-state index in [1.807, 2.05) is 0 Å². The van der Waals surface area contributed by atoms with Crippen LogP contribution >= 0.6 is 11.8 Å². The molecule has 4 aromatic rings. The normalized spacial score (nSPS) is 24.7. The zero-order valence-electron chi connectivity index (χ0n) is 24.4. The van der Waals surface area contributed by atoms with Gasteiger partial charge in [0.15, 0.2) is 5.82 Å². The predicted molar refractivity (Wildman–Crippen MR) is 166 cm³/mol. The van der Waals surface area contributed by atoms with E-state index in [2.05, 4.69) is 20.7 Å². The van der Waals surface area contributed by atoms with Crippen LogP contribution in [0.15, 0.2) is 29.3 Å². The number of alkyl halides is 1. The minimum absolute atomic E-state index is 0.000892. The number of terminal acetylenes is 1. The van der Waals surface area contributed by atoms with Crippen LogP contribution in [0.4, 0.5) is 19.0 Å². The van der Waals surface area contributed by atoms with Crippen molar-refractivity contribution in [3.8, 4) is 35.4 Å². The molecular formula is C33H30F3N5O3S. The zero-order valence-corrected chi connectivity index (χ0v) is 25.2. The minimum atomic E-state index is -0.922.